The van der Waals surface area contributed by atoms with Gasteiger partial charge in [0.25, 0.3) is 5.56 Å². The Morgan fingerprint density at radius 3 is 2.59 bits per heavy atom. The fourth-order valence-corrected chi connectivity index (χ4v) is 4.73. The number of nitrogens with one attached hydrogen (secondary N) is 1. The van der Waals surface area contributed by atoms with Gasteiger partial charge in [-0.1, -0.05) is 32.4 Å². The Balaban J connectivity index is 1.80. The highest BCUT2D eigenvalue weighted by atomic mass is 35.5. The van der Waals surface area contributed by atoms with E-state index in [1.807, 2.05) is 0 Å². The summed E-state index contributed by atoms with van der Waals surface area (Å²) in [6.45, 7) is 6.64. The van der Waals surface area contributed by atoms with Crippen LogP contribution >= 0.6 is 11.6 Å². The number of pyridine rings is 1. The van der Waals surface area contributed by atoms with Crippen LogP contribution in [0.5, 0.6) is 5.75 Å². The van der Waals surface area contributed by atoms with Crippen molar-refractivity contribution in [2.24, 2.45) is 17.1 Å². The number of ether oxygens (including phenoxy) is 1. The van der Waals surface area contributed by atoms with Gasteiger partial charge in [0.1, 0.15) is 11.6 Å². The summed E-state index contributed by atoms with van der Waals surface area (Å²) in [6.07, 6.45) is 5.82. The van der Waals surface area contributed by atoms with Crippen LogP contribution < -0.4 is 16.0 Å². The van der Waals surface area contributed by atoms with Crippen molar-refractivity contribution >= 4 is 22.4 Å². The molecule has 27 heavy (non-hydrogen) atoms. The summed E-state index contributed by atoms with van der Waals surface area (Å²) in [5.41, 5.74) is 6.23. The maximum atomic E-state index is 14.1. The largest absolute Gasteiger partial charge is 0.489 e. The van der Waals surface area contributed by atoms with Crippen LogP contribution in [0.4, 0.5) is 4.39 Å². The highest BCUT2D eigenvalue weighted by Gasteiger charge is 2.42. The van der Waals surface area contributed by atoms with E-state index in [1.165, 1.54) is 12.1 Å². The van der Waals surface area contributed by atoms with Gasteiger partial charge in [-0.3, -0.25) is 4.79 Å². The zero-order valence-electron chi connectivity index (χ0n) is 16.1. The molecular formula is C21H28ClFN2O2. The van der Waals surface area contributed by atoms with Crippen molar-refractivity contribution in [1.29, 1.82) is 0 Å². The summed E-state index contributed by atoms with van der Waals surface area (Å²) in [4.78, 5) is 14.2. The van der Waals surface area contributed by atoms with Gasteiger partial charge in [-0.15, -0.1) is 0 Å². The van der Waals surface area contributed by atoms with Gasteiger partial charge in [-0.05, 0) is 55.6 Å². The molecule has 2 aromatic rings. The number of hydrogen-bond acceptors (Lipinski definition) is 3. The molecule has 3 rings (SSSR count). The summed E-state index contributed by atoms with van der Waals surface area (Å²) >= 11 is 6.31. The van der Waals surface area contributed by atoms with Crippen LogP contribution in [0.25, 0.3) is 10.8 Å². The lowest BCUT2D eigenvalue weighted by Gasteiger charge is -2.47. The number of hydrogen-bond donors (Lipinski definition) is 2. The molecule has 0 radical (unpaired) electrons. The first-order valence-electron chi connectivity index (χ1n) is 9.71. The molecule has 4 nitrogen and oxygen atoms in total. The molecule has 0 aliphatic heterocycles. The molecule has 1 aliphatic rings. The van der Waals surface area contributed by atoms with E-state index in [0.717, 1.165) is 38.3 Å². The molecule has 0 amide bonds. The Kier molecular flexibility index (Phi) is 5.82. The minimum atomic E-state index is -0.498. The topological polar surface area (TPSA) is 68.1 Å². The Morgan fingerprint density at radius 1 is 1.33 bits per heavy atom. The predicted octanol–water partition coefficient (Wildman–Crippen LogP) is 5.02. The van der Waals surface area contributed by atoms with E-state index in [0.29, 0.717) is 16.7 Å². The molecule has 0 spiro atoms. The number of H-pyrrole nitrogens is 1. The standard InChI is InChI=1S/C21H28ClFN2O2/c1-4-19(24)21(12(2)3)7-5-13(6-8-21)27-18-10-14-15(9-16(18)22)20(26)25-11-17(14)23/h9-13,19H,4-8,24H2,1-3H3,(H,25,26)/t13-,19-,21-/m0/s1. The molecule has 148 valence electrons. The van der Waals surface area contributed by atoms with Crippen molar-refractivity contribution in [2.75, 3.05) is 0 Å². The van der Waals surface area contributed by atoms with Crippen LogP contribution in [0.2, 0.25) is 5.02 Å². The van der Waals surface area contributed by atoms with Crippen LogP contribution in [-0.2, 0) is 0 Å². The van der Waals surface area contributed by atoms with Gasteiger partial charge in [0.2, 0.25) is 0 Å². The SMILES string of the molecule is CC[C@H](N)[C@]1(C(C)C)CC[C@@H](Oc2cc3c(F)c[nH]c(=O)c3cc2Cl)CC1. The first-order valence-corrected chi connectivity index (χ1v) is 10.1. The second-order valence-electron chi connectivity index (χ2n) is 8.01. The van der Waals surface area contributed by atoms with Crippen molar-refractivity contribution in [1.82, 2.24) is 4.98 Å². The molecule has 3 N–H and O–H groups in total. The molecule has 0 unspecified atom stereocenters. The monoisotopic (exact) mass is 394 g/mol. The number of rotatable bonds is 5. The molecule has 0 saturated heterocycles. The van der Waals surface area contributed by atoms with Crippen LogP contribution in [0.1, 0.15) is 52.9 Å². The average molecular weight is 395 g/mol. The van der Waals surface area contributed by atoms with Crippen LogP contribution in [0.15, 0.2) is 23.1 Å². The fraction of sp³-hybridized carbons (Fsp3) is 0.571. The molecule has 1 atom stereocenters. The summed E-state index contributed by atoms with van der Waals surface area (Å²) in [6, 6.07) is 3.19. The maximum Gasteiger partial charge on any atom is 0.256 e. The number of halogens is 2. The summed E-state index contributed by atoms with van der Waals surface area (Å²) < 4.78 is 20.2. The molecule has 1 fully saturated rings. The lowest BCUT2D eigenvalue weighted by atomic mass is 9.62. The predicted molar refractivity (Wildman–Crippen MR) is 108 cm³/mol. The molecule has 1 saturated carbocycles. The third-order valence-corrected chi connectivity index (χ3v) is 6.68. The van der Waals surface area contributed by atoms with Gasteiger partial charge in [-0.2, -0.15) is 0 Å². The molecule has 1 aromatic heterocycles. The summed E-state index contributed by atoms with van der Waals surface area (Å²) in [5, 5.41) is 0.770. The van der Waals surface area contributed by atoms with E-state index in [-0.39, 0.29) is 33.9 Å². The third-order valence-electron chi connectivity index (χ3n) is 6.39. The van der Waals surface area contributed by atoms with Crippen LogP contribution in [-0.4, -0.2) is 17.1 Å². The number of aromatic amines is 1. The fourth-order valence-electron chi connectivity index (χ4n) is 4.52. The zero-order valence-corrected chi connectivity index (χ0v) is 16.9. The number of nitrogens with two attached hydrogens (primary N) is 1. The third kappa shape index (κ3) is 3.72. The van der Waals surface area contributed by atoms with E-state index in [4.69, 9.17) is 22.1 Å². The van der Waals surface area contributed by atoms with Crippen molar-refractivity contribution in [3.05, 3.63) is 39.5 Å². The summed E-state index contributed by atoms with van der Waals surface area (Å²) in [5.74, 6) is 0.441. The van der Waals surface area contributed by atoms with Gasteiger partial charge in [0.15, 0.2) is 0 Å². The Morgan fingerprint density at radius 2 is 2.00 bits per heavy atom. The van der Waals surface area contributed by atoms with Gasteiger partial charge in [0.05, 0.1) is 16.5 Å². The number of aromatic nitrogens is 1. The van der Waals surface area contributed by atoms with Crippen LogP contribution in [0, 0.1) is 17.2 Å². The highest BCUT2D eigenvalue weighted by molar-refractivity contribution is 6.32. The first-order chi connectivity index (χ1) is 12.8. The van der Waals surface area contributed by atoms with Gasteiger partial charge in [0, 0.05) is 17.6 Å². The second-order valence-corrected chi connectivity index (χ2v) is 8.42. The van der Waals surface area contributed by atoms with E-state index >= 15 is 0 Å². The average Bonchev–Trinajstić information content (AvgIpc) is 2.66. The molecule has 1 aliphatic carbocycles. The molecule has 1 heterocycles. The lowest BCUT2D eigenvalue weighted by molar-refractivity contribution is 0.0257. The minimum Gasteiger partial charge on any atom is -0.489 e. The van der Waals surface area contributed by atoms with Gasteiger partial charge in [-0.25, -0.2) is 4.39 Å². The van der Waals surface area contributed by atoms with Crippen LogP contribution in [0.3, 0.4) is 0 Å². The summed E-state index contributed by atoms with van der Waals surface area (Å²) in [7, 11) is 0. The molecule has 0 bridgehead atoms. The van der Waals surface area contributed by atoms with Crippen molar-refractivity contribution in [3.8, 4) is 5.75 Å². The first kappa shape index (κ1) is 20.2. The van der Waals surface area contributed by atoms with Crippen molar-refractivity contribution in [2.45, 2.75) is 65.0 Å². The second kappa shape index (κ2) is 7.80. The van der Waals surface area contributed by atoms with Crippen molar-refractivity contribution < 1.29 is 9.13 Å². The lowest BCUT2D eigenvalue weighted by Crippen LogP contribution is -2.48. The van der Waals surface area contributed by atoms with Gasteiger partial charge >= 0.3 is 0 Å². The van der Waals surface area contributed by atoms with E-state index in [1.54, 1.807) is 0 Å². The Bertz CT molecular complexity index is 872. The quantitative estimate of drug-likeness (QED) is 0.747. The van der Waals surface area contributed by atoms with E-state index in [2.05, 4.69) is 25.8 Å². The number of benzene rings is 1. The minimum absolute atomic E-state index is 0.0148. The smallest absolute Gasteiger partial charge is 0.256 e. The van der Waals surface area contributed by atoms with Crippen molar-refractivity contribution in [3.63, 3.8) is 0 Å². The maximum absolute atomic E-state index is 14.1. The number of fused-ring (bicyclic) bond motifs is 1. The van der Waals surface area contributed by atoms with E-state index < -0.39 is 5.82 Å². The van der Waals surface area contributed by atoms with E-state index in [9.17, 15) is 9.18 Å². The Labute approximate surface area is 164 Å². The molecule has 1 aromatic carbocycles. The molecule has 6 heteroatoms. The molecular weight excluding hydrogens is 367 g/mol. The normalized spacial score (nSPS) is 24.3. The zero-order chi connectivity index (χ0) is 19.8. The highest BCUT2D eigenvalue weighted by Crippen LogP contribution is 2.46. The van der Waals surface area contributed by atoms with Gasteiger partial charge < -0.3 is 15.5 Å². The Hall–Kier alpha value is -1.59.